The van der Waals surface area contributed by atoms with Crippen LogP contribution in [0.15, 0.2) is 3.95 Å². The Hall–Kier alpha value is 0.0413. The Kier molecular flexibility index (Phi) is 17.9. The number of hydrogen-bond acceptors (Lipinski definition) is 10. The van der Waals surface area contributed by atoms with Gasteiger partial charge in [0.15, 0.2) is 0 Å². The predicted molar refractivity (Wildman–Crippen MR) is 134 cm³/mol. The Morgan fingerprint density at radius 3 is 2.72 bits per heavy atom. The summed E-state index contributed by atoms with van der Waals surface area (Å²) in [5, 5.41) is 12.1. The average Bonchev–Trinajstić information content (AvgIpc) is 3.21. The predicted octanol–water partition coefficient (Wildman–Crippen LogP) is 4.62. The first kappa shape index (κ1) is 32.3. The zero-order valence-electron chi connectivity index (χ0n) is 23.3. The van der Waals surface area contributed by atoms with E-state index in [1.165, 1.54) is 0 Å². The van der Waals surface area contributed by atoms with Crippen molar-refractivity contribution >= 4 is 17.6 Å². The third-order valence-corrected chi connectivity index (χ3v) is 8.90. The van der Waals surface area contributed by atoms with E-state index in [-0.39, 0.29) is 38.8 Å². The van der Waals surface area contributed by atoms with E-state index in [1.54, 1.807) is 0 Å². The Bertz CT molecular complexity index is 724. The van der Waals surface area contributed by atoms with Gasteiger partial charge >= 0.3 is 139 Å². The van der Waals surface area contributed by atoms with Gasteiger partial charge in [0.05, 0.1) is 0 Å². The minimum absolute atomic E-state index is 0.0487. The summed E-state index contributed by atoms with van der Waals surface area (Å²) in [6.45, 7) is 11.7. The normalized spacial score (nSPS) is 24.6. The number of nitrogens with one attached hydrogen (secondary N) is 1. The SMILES string of the molecule is [3H]C1CC(OP(=O)(OCCC#N)OCCNCCC[Si]OC(C(C)CC)C(C)C(C)C)C(CO[N]=[V])O1. The van der Waals surface area contributed by atoms with Crippen LogP contribution in [0.4, 0.5) is 0 Å². The van der Waals surface area contributed by atoms with Gasteiger partial charge in [0.25, 0.3) is 0 Å². The molecule has 1 saturated heterocycles. The monoisotopic (exact) mass is 586 g/mol. The van der Waals surface area contributed by atoms with Crippen LogP contribution in [0.3, 0.4) is 0 Å². The molecule has 7 atom stereocenters. The van der Waals surface area contributed by atoms with Crippen LogP contribution in [-0.4, -0.2) is 67.6 Å². The first-order valence-corrected chi connectivity index (χ1v) is 15.9. The van der Waals surface area contributed by atoms with Gasteiger partial charge in [0.2, 0.25) is 9.76 Å². The minimum atomic E-state index is -3.97. The van der Waals surface area contributed by atoms with Crippen molar-refractivity contribution in [1.29, 1.82) is 5.26 Å². The molecule has 0 spiro atoms. The summed E-state index contributed by atoms with van der Waals surface area (Å²) in [6.07, 6.45) is 1.26. The van der Waals surface area contributed by atoms with Crippen LogP contribution in [0.5, 0.6) is 0 Å². The number of nitrogens with zero attached hydrogens (tertiary/aromatic N) is 2. The molecule has 1 aliphatic rings. The summed E-state index contributed by atoms with van der Waals surface area (Å²) < 4.78 is 52.7. The van der Waals surface area contributed by atoms with Crippen molar-refractivity contribution < 1.29 is 50.7 Å². The molecule has 36 heavy (non-hydrogen) atoms. The van der Waals surface area contributed by atoms with E-state index in [1.807, 2.05) is 23.3 Å². The Labute approximate surface area is 230 Å². The molecule has 7 unspecified atom stereocenters. The standard InChI is InChI=1S/C23H44N3O7PSi.V/c1-6-19(4)23(20(5)18(2)3)33-35-16-8-11-26-12-15-31-34(27,30-13-7-10-24)32-21-9-14-28-22(21)17-29-25;/h18-23,26H,6-9,11-17H2,1-5H3;/i14T;. The summed E-state index contributed by atoms with van der Waals surface area (Å²) in [5.41, 5.74) is 0. The number of nitriles is 1. The quantitative estimate of drug-likeness (QED) is 0.0839. The van der Waals surface area contributed by atoms with Gasteiger partial charge in [-0.1, -0.05) is 41.0 Å². The Morgan fingerprint density at radius 2 is 2.06 bits per heavy atom. The zero-order valence-corrected chi connectivity index (χ0v) is 25.6. The first-order valence-electron chi connectivity index (χ1n) is 13.3. The van der Waals surface area contributed by atoms with Gasteiger partial charge in [-0.15, -0.1) is 0 Å². The maximum absolute atomic E-state index is 13.2. The van der Waals surface area contributed by atoms with Crippen LogP contribution in [0.2, 0.25) is 6.04 Å². The fraction of sp³-hybridized carbons (Fsp3) is 0.957. The second-order valence-electron chi connectivity index (χ2n) is 9.19. The van der Waals surface area contributed by atoms with E-state index >= 15 is 0 Å². The summed E-state index contributed by atoms with van der Waals surface area (Å²) in [6, 6.07) is 2.92. The van der Waals surface area contributed by atoms with Crippen LogP contribution in [0.1, 0.15) is 61.7 Å². The molecule has 1 rings (SSSR count). The molecule has 0 amide bonds. The van der Waals surface area contributed by atoms with Crippen molar-refractivity contribution in [2.75, 3.05) is 39.5 Å². The molecule has 0 aromatic rings. The number of hydrogen-bond donors (Lipinski definition) is 1. The second kappa shape index (κ2) is 20.0. The van der Waals surface area contributed by atoms with Gasteiger partial charge in [0.1, 0.15) is 0 Å². The molecule has 0 aromatic carbocycles. The van der Waals surface area contributed by atoms with Crippen molar-refractivity contribution in [3.63, 3.8) is 0 Å². The topological polar surface area (TPSA) is 121 Å². The van der Waals surface area contributed by atoms with E-state index in [2.05, 4.69) is 43.9 Å². The number of rotatable bonds is 22. The van der Waals surface area contributed by atoms with E-state index in [0.29, 0.717) is 34.1 Å². The molecule has 0 saturated carbocycles. The fourth-order valence-electron chi connectivity index (χ4n) is 3.49. The molecule has 0 bridgehead atoms. The average molecular weight is 587 g/mol. The molecule has 0 aliphatic carbocycles. The second-order valence-corrected chi connectivity index (χ2v) is 12.1. The number of phosphoric acid groups is 1. The molecule has 1 aliphatic heterocycles. The fourth-order valence-corrected chi connectivity index (χ4v) is 6.06. The van der Waals surface area contributed by atoms with Crippen LogP contribution in [0.25, 0.3) is 0 Å². The Balaban J connectivity index is 2.40. The van der Waals surface area contributed by atoms with Crippen molar-refractivity contribution in [3.8, 4) is 6.07 Å². The maximum atomic E-state index is 13.2. The molecule has 1 heterocycles. The molecule has 1 fully saturated rings. The summed E-state index contributed by atoms with van der Waals surface area (Å²) in [7, 11) is -3.50. The third-order valence-electron chi connectivity index (χ3n) is 6.19. The van der Waals surface area contributed by atoms with Crippen LogP contribution >= 0.6 is 7.82 Å². The molecular weight excluding hydrogens is 540 g/mol. The van der Waals surface area contributed by atoms with Crippen molar-refractivity contribution in [2.45, 2.75) is 84.7 Å². The van der Waals surface area contributed by atoms with Crippen molar-refractivity contribution in [1.82, 2.24) is 5.32 Å². The van der Waals surface area contributed by atoms with Gasteiger partial charge in [0, 0.05) is 6.10 Å². The van der Waals surface area contributed by atoms with Crippen molar-refractivity contribution in [2.24, 2.45) is 21.7 Å². The summed E-state index contributed by atoms with van der Waals surface area (Å²) in [5.74, 6) is 1.66. The van der Waals surface area contributed by atoms with E-state index in [4.69, 9.17) is 34.2 Å². The van der Waals surface area contributed by atoms with Gasteiger partial charge in [-0.05, 0) is 30.2 Å². The van der Waals surface area contributed by atoms with Crippen LogP contribution < -0.4 is 5.32 Å². The molecule has 10 nitrogen and oxygen atoms in total. The van der Waals surface area contributed by atoms with Gasteiger partial charge in [-0.2, -0.15) is 0 Å². The summed E-state index contributed by atoms with van der Waals surface area (Å²) >= 11 is 1.92. The number of phosphoric ester groups is 1. The Morgan fingerprint density at radius 1 is 1.31 bits per heavy atom. The molecular formula is C23H44N3O7PSiV. The van der Waals surface area contributed by atoms with E-state index in [9.17, 15) is 4.57 Å². The zero-order chi connectivity index (χ0) is 27.7. The van der Waals surface area contributed by atoms with E-state index < -0.39 is 26.6 Å². The van der Waals surface area contributed by atoms with Crippen LogP contribution in [-0.2, 0) is 49.4 Å². The van der Waals surface area contributed by atoms with Gasteiger partial charge in [-0.25, -0.2) is 0 Å². The van der Waals surface area contributed by atoms with Crippen molar-refractivity contribution in [3.05, 3.63) is 0 Å². The van der Waals surface area contributed by atoms with Gasteiger partial charge in [-0.3, -0.25) is 0 Å². The molecule has 0 aromatic heterocycles. The number of ether oxygens (including phenoxy) is 1. The molecule has 2 radical (unpaired) electrons. The van der Waals surface area contributed by atoms with Gasteiger partial charge < -0.3 is 4.43 Å². The molecule has 13 heteroatoms. The van der Waals surface area contributed by atoms with E-state index in [0.717, 1.165) is 25.4 Å². The van der Waals surface area contributed by atoms with Crippen LogP contribution in [0, 0.1) is 29.1 Å². The first-order chi connectivity index (χ1) is 17.7. The molecule has 207 valence electrons. The molecule has 1 N–H and O–H groups in total. The third kappa shape index (κ3) is 13.7. The summed E-state index contributed by atoms with van der Waals surface area (Å²) in [4.78, 5) is 4.99.